The lowest BCUT2D eigenvalue weighted by atomic mass is 10.1. The van der Waals surface area contributed by atoms with Crippen molar-refractivity contribution in [2.24, 2.45) is 0 Å². The van der Waals surface area contributed by atoms with Gasteiger partial charge >= 0.3 is 5.97 Å². The minimum absolute atomic E-state index is 0.260. The summed E-state index contributed by atoms with van der Waals surface area (Å²) < 4.78 is 4.69. The first-order valence-electron chi connectivity index (χ1n) is 4.23. The molecule has 1 N–H and O–H groups in total. The van der Waals surface area contributed by atoms with E-state index in [-0.39, 0.29) is 5.97 Å². The van der Waals surface area contributed by atoms with Crippen molar-refractivity contribution < 1.29 is 9.53 Å². The van der Waals surface area contributed by atoms with E-state index >= 15 is 0 Å². The lowest BCUT2D eigenvalue weighted by Gasteiger charge is -2.04. The van der Waals surface area contributed by atoms with Crippen LogP contribution >= 0.6 is 0 Å². The average molecular weight is 177 g/mol. The van der Waals surface area contributed by atoms with Crippen molar-refractivity contribution in [1.82, 2.24) is 5.32 Å². The number of esters is 1. The van der Waals surface area contributed by atoms with Gasteiger partial charge in [-0.05, 0) is 11.6 Å². The van der Waals surface area contributed by atoms with Crippen molar-refractivity contribution in [3.8, 4) is 0 Å². The zero-order valence-electron chi connectivity index (χ0n) is 7.41. The first-order chi connectivity index (χ1) is 6.33. The van der Waals surface area contributed by atoms with Gasteiger partial charge in [-0.25, -0.2) is 4.79 Å². The molecule has 1 fully saturated rings. The zero-order chi connectivity index (χ0) is 9.26. The third-order valence-electron chi connectivity index (χ3n) is 2.15. The van der Waals surface area contributed by atoms with Crippen molar-refractivity contribution >= 4 is 5.97 Å². The van der Waals surface area contributed by atoms with Gasteiger partial charge < -0.3 is 10.1 Å². The van der Waals surface area contributed by atoms with Crippen LogP contribution in [0.4, 0.5) is 0 Å². The number of hydrogen-bond acceptors (Lipinski definition) is 3. The van der Waals surface area contributed by atoms with E-state index in [4.69, 9.17) is 0 Å². The Morgan fingerprint density at radius 2 is 2.23 bits per heavy atom. The molecule has 0 bridgehead atoms. The summed E-state index contributed by atoms with van der Waals surface area (Å²) in [6, 6.07) is 7.87. The molecule has 0 aromatic heterocycles. The predicted molar refractivity (Wildman–Crippen MR) is 48.5 cm³/mol. The van der Waals surface area contributed by atoms with E-state index in [1.807, 2.05) is 18.2 Å². The van der Waals surface area contributed by atoms with Crippen molar-refractivity contribution in [3.05, 3.63) is 35.4 Å². The third kappa shape index (κ3) is 1.55. The number of methoxy groups -OCH3 is 1. The fourth-order valence-electron chi connectivity index (χ4n) is 1.38. The molecule has 0 radical (unpaired) electrons. The molecule has 1 atom stereocenters. The fraction of sp³-hybridized carbons (Fsp3) is 0.300. The Labute approximate surface area is 76.7 Å². The summed E-state index contributed by atoms with van der Waals surface area (Å²) in [4.78, 5) is 11.3. The summed E-state index contributed by atoms with van der Waals surface area (Å²) in [5, 5.41) is 3.16. The van der Waals surface area contributed by atoms with Crippen molar-refractivity contribution in [3.63, 3.8) is 0 Å². The highest BCUT2D eigenvalue weighted by Crippen LogP contribution is 2.25. The minimum Gasteiger partial charge on any atom is -0.465 e. The molecule has 3 nitrogen and oxygen atoms in total. The van der Waals surface area contributed by atoms with E-state index in [0.29, 0.717) is 11.6 Å². The molecule has 0 saturated carbocycles. The van der Waals surface area contributed by atoms with Crippen LogP contribution in [-0.4, -0.2) is 19.6 Å². The zero-order valence-corrected chi connectivity index (χ0v) is 7.41. The molecule has 13 heavy (non-hydrogen) atoms. The Hall–Kier alpha value is -1.35. The van der Waals surface area contributed by atoms with Gasteiger partial charge in [-0.15, -0.1) is 0 Å². The van der Waals surface area contributed by atoms with E-state index in [0.717, 1.165) is 12.1 Å². The van der Waals surface area contributed by atoms with Gasteiger partial charge in [0.15, 0.2) is 0 Å². The minimum atomic E-state index is -0.260. The number of rotatable bonds is 2. The summed E-state index contributed by atoms with van der Waals surface area (Å²) >= 11 is 0. The summed E-state index contributed by atoms with van der Waals surface area (Å²) in [5.41, 5.74) is 1.70. The molecule has 1 aliphatic heterocycles. The molecule has 1 aliphatic rings. The number of hydrogen-bond donors (Lipinski definition) is 1. The Morgan fingerprint density at radius 3 is 2.85 bits per heavy atom. The summed E-state index contributed by atoms with van der Waals surface area (Å²) in [5.74, 6) is -0.260. The maximum absolute atomic E-state index is 11.3. The molecule has 0 amide bonds. The number of carbonyl (C=O) groups is 1. The van der Waals surface area contributed by atoms with E-state index in [1.54, 1.807) is 6.07 Å². The van der Waals surface area contributed by atoms with Gasteiger partial charge in [-0.2, -0.15) is 0 Å². The quantitative estimate of drug-likeness (QED) is 0.544. The largest absolute Gasteiger partial charge is 0.465 e. The van der Waals surface area contributed by atoms with Gasteiger partial charge in [0, 0.05) is 12.6 Å². The van der Waals surface area contributed by atoms with Gasteiger partial charge in [0.1, 0.15) is 0 Å². The molecule has 2 rings (SSSR count). The van der Waals surface area contributed by atoms with Crippen LogP contribution < -0.4 is 5.32 Å². The highest BCUT2D eigenvalue weighted by molar-refractivity contribution is 5.91. The van der Waals surface area contributed by atoms with Crippen LogP contribution in [0.5, 0.6) is 0 Å². The molecule has 0 aliphatic carbocycles. The van der Waals surface area contributed by atoms with Gasteiger partial charge in [-0.3, -0.25) is 0 Å². The van der Waals surface area contributed by atoms with E-state index < -0.39 is 0 Å². The molecule has 68 valence electrons. The van der Waals surface area contributed by atoms with Gasteiger partial charge in [-0.1, -0.05) is 18.2 Å². The molecular formula is C10H11NO2. The van der Waals surface area contributed by atoms with E-state index in [2.05, 4.69) is 10.1 Å². The van der Waals surface area contributed by atoms with Crippen molar-refractivity contribution in [2.75, 3.05) is 13.7 Å². The van der Waals surface area contributed by atoms with Gasteiger partial charge in [0.05, 0.1) is 12.7 Å². The number of benzene rings is 1. The van der Waals surface area contributed by atoms with E-state index in [9.17, 15) is 4.79 Å². The SMILES string of the molecule is COC(=O)c1ccccc1[C@@H]1CN1. The third-order valence-corrected chi connectivity index (χ3v) is 2.15. The van der Waals surface area contributed by atoms with Gasteiger partial charge in [0.25, 0.3) is 0 Å². The highest BCUT2D eigenvalue weighted by atomic mass is 16.5. The van der Waals surface area contributed by atoms with Gasteiger partial charge in [0.2, 0.25) is 0 Å². The number of ether oxygens (including phenoxy) is 1. The normalized spacial score (nSPS) is 19.6. The first-order valence-corrected chi connectivity index (χ1v) is 4.23. The van der Waals surface area contributed by atoms with Crippen LogP contribution in [0.2, 0.25) is 0 Å². The standard InChI is InChI=1S/C10H11NO2/c1-13-10(12)8-5-3-2-4-7(8)9-6-11-9/h2-5,9,11H,6H2,1H3/t9-/m0/s1. The topological polar surface area (TPSA) is 48.2 Å². The van der Waals surface area contributed by atoms with Crippen LogP contribution in [0.1, 0.15) is 22.0 Å². The highest BCUT2D eigenvalue weighted by Gasteiger charge is 2.26. The molecule has 1 aromatic carbocycles. The smallest absolute Gasteiger partial charge is 0.338 e. The Morgan fingerprint density at radius 1 is 1.54 bits per heavy atom. The second-order valence-electron chi connectivity index (χ2n) is 3.04. The maximum Gasteiger partial charge on any atom is 0.338 e. The second-order valence-corrected chi connectivity index (χ2v) is 3.04. The van der Waals surface area contributed by atoms with Crippen LogP contribution in [0, 0.1) is 0 Å². The molecule has 1 saturated heterocycles. The molecule has 0 spiro atoms. The monoisotopic (exact) mass is 177 g/mol. The Bertz CT molecular complexity index is 331. The Balaban J connectivity index is 2.36. The molecule has 0 unspecified atom stereocenters. The van der Waals surface area contributed by atoms with Crippen molar-refractivity contribution in [1.29, 1.82) is 0 Å². The summed E-state index contributed by atoms with van der Waals surface area (Å²) in [6.45, 7) is 0.952. The molecule has 3 heteroatoms. The first kappa shape index (κ1) is 8.26. The molecule has 1 aromatic rings. The van der Waals surface area contributed by atoms with Crippen molar-refractivity contribution in [2.45, 2.75) is 6.04 Å². The van der Waals surface area contributed by atoms with Crippen LogP contribution in [0.15, 0.2) is 24.3 Å². The molecular weight excluding hydrogens is 166 g/mol. The fourth-order valence-corrected chi connectivity index (χ4v) is 1.38. The van der Waals surface area contributed by atoms with Crippen LogP contribution in [-0.2, 0) is 4.74 Å². The number of carbonyl (C=O) groups excluding carboxylic acids is 1. The Kier molecular flexibility index (Phi) is 2.02. The summed E-state index contributed by atoms with van der Waals surface area (Å²) in [7, 11) is 1.40. The lowest BCUT2D eigenvalue weighted by molar-refractivity contribution is 0.0599. The lowest BCUT2D eigenvalue weighted by Crippen LogP contribution is -2.05. The second kappa shape index (κ2) is 3.18. The molecule has 1 heterocycles. The number of nitrogens with one attached hydrogen (secondary N) is 1. The maximum atomic E-state index is 11.3. The average Bonchev–Trinajstić information content (AvgIpc) is 3.00. The summed E-state index contributed by atoms with van der Waals surface area (Å²) in [6.07, 6.45) is 0. The van der Waals surface area contributed by atoms with Crippen LogP contribution in [0.25, 0.3) is 0 Å². The predicted octanol–water partition coefficient (Wildman–Crippen LogP) is 1.12. The van der Waals surface area contributed by atoms with Crippen LogP contribution in [0.3, 0.4) is 0 Å². The van der Waals surface area contributed by atoms with E-state index in [1.165, 1.54) is 7.11 Å².